The monoisotopic (exact) mass is 193 g/mol. The zero-order valence-electron chi connectivity index (χ0n) is 9.03. The van der Waals surface area contributed by atoms with Crippen molar-refractivity contribution in [2.24, 2.45) is 0 Å². The first-order chi connectivity index (χ1) is 6.88. The standard InChI is InChI=1S/C11H19N3/c1-3-6-10(12-7-4-2)11-13-8-5-9-14-11/h5,8-10,12H,3-4,6-7H2,1-2H3. The van der Waals surface area contributed by atoms with Crippen molar-refractivity contribution >= 4 is 0 Å². The minimum atomic E-state index is 0.321. The third kappa shape index (κ3) is 3.42. The number of nitrogens with one attached hydrogen (secondary N) is 1. The van der Waals surface area contributed by atoms with Gasteiger partial charge in [-0.25, -0.2) is 9.97 Å². The van der Waals surface area contributed by atoms with E-state index < -0.39 is 0 Å². The SMILES string of the molecule is CCCNC(CCC)c1ncccn1. The molecule has 0 saturated carbocycles. The van der Waals surface area contributed by atoms with Crippen LogP contribution in [0.4, 0.5) is 0 Å². The van der Waals surface area contributed by atoms with Crippen LogP contribution >= 0.6 is 0 Å². The summed E-state index contributed by atoms with van der Waals surface area (Å²) in [6, 6.07) is 2.17. The highest BCUT2D eigenvalue weighted by molar-refractivity contribution is 4.95. The van der Waals surface area contributed by atoms with Crippen LogP contribution < -0.4 is 5.32 Å². The summed E-state index contributed by atoms with van der Waals surface area (Å²) in [5.41, 5.74) is 0. The van der Waals surface area contributed by atoms with Gasteiger partial charge < -0.3 is 5.32 Å². The lowest BCUT2D eigenvalue weighted by Gasteiger charge is -2.15. The molecule has 78 valence electrons. The molecular weight excluding hydrogens is 174 g/mol. The first-order valence-electron chi connectivity index (χ1n) is 5.38. The number of hydrogen-bond donors (Lipinski definition) is 1. The molecule has 3 heteroatoms. The van der Waals surface area contributed by atoms with E-state index in [4.69, 9.17) is 0 Å². The molecule has 0 radical (unpaired) electrons. The van der Waals surface area contributed by atoms with Crippen molar-refractivity contribution in [2.75, 3.05) is 6.54 Å². The van der Waals surface area contributed by atoms with Gasteiger partial charge in [0.15, 0.2) is 0 Å². The molecule has 0 aliphatic rings. The van der Waals surface area contributed by atoms with Crippen LogP contribution in [0.1, 0.15) is 45.0 Å². The topological polar surface area (TPSA) is 37.8 Å². The van der Waals surface area contributed by atoms with Gasteiger partial charge in [0.1, 0.15) is 5.82 Å². The van der Waals surface area contributed by atoms with E-state index in [1.54, 1.807) is 12.4 Å². The predicted octanol–water partition coefficient (Wildman–Crippen LogP) is 2.32. The molecule has 0 spiro atoms. The first kappa shape index (κ1) is 11.1. The molecule has 3 nitrogen and oxygen atoms in total. The fraction of sp³-hybridized carbons (Fsp3) is 0.636. The molecule has 0 bridgehead atoms. The molecule has 0 aliphatic carbocycles. The van der Waals surface area contributed by atoms with Crippen LogP contribution in [0.15, 0.2) is 18.5 Å². The molecule has 0 amide bonds. The quantitative estimate of drug-likeness (QED) is 0.753. The minimum Gasteiger partial charge on any atom is -0.307 e. The van der Waals surface area contributed by atoms with E-state index in [-0.39, 0.29) is 0 Å². The van der Waals surface area contributed by atoms with Crippen LogP contribution in [0.3, 0.4) is 0 Å². The summed E-state index contributed by atoms with van der Waals surface area (Å²) >= 11 is 0. The van der Waals surface area contributed by atoms with Gasteiger partial charge in [-0.05, 0) is 25.5 Å². The van der Waals surface area contributed by atoms with E-state index in [1.807, 2.05) is 6.07 Å². The van der Waals surface area contributed by atoms with Crippen molar-refractivity contribution < 1.29 is 0 Å². The van der Waals surface area contributed by atoms with Crippen molar-refractivity contribution in [3.8, 4) is 0 Å². The van der Waals surface area contributed by atoms with Crippen LogP contribution in [-0.2, 0) is 0 Å². The van der Waals surface area contributed by atoms with E-state index in [0.29, 0.717) is 6.04 Å². The van der Waals surface area contributed by atoms with E-state index in [0.717, 1.165) is 31.6 Å². The van der Waals surface area contributed by atoms with Crippen LogP contribution in [0.2, 0.25) is 0 Å². The Kier molecular flexibility index (Phi) is 5.15. The van der Waals surface area contributed by atoms with E-state index in [1.165, 1.54) is 0 Å². The van der Waals surface area contributed by atoms with Gasteiger partial charge >= 0.3 is 0 Å². The Morgan fingerprint density at radius 2 is 1.93 bits per heavy atom. The maximum absolute atomic E-state index is 4.28. The van der Waals surface area contributed by atoms with Gasteiger partial charge in [0.2, 0.25) is 0 Å². The molecule has 1 unspecified atom stereocenters. The fourth-order valence-corrected chi connectivity index (χ4v) is 1.42. The Bertz CT molecular complexity index is 236. The number of aromatic nitrogens is 2. The Morgan fingerprint density at radius 1 is 1.21 bits per heavy atom. The highest BCUT2D eigenvalue weighted by Gasteiger charge is 2.10. The lowest BCUT2D eigenvalue weighted by atomic mass is 10.1. The van der Waals surface area contributed by atoms with Gasteiger partial charge in [0.25, 0.3) is 0 Å². The molecule has 0 aliphatic heterocycles. The zero-order chi connectivity index (χ0) is 10.2. The van der Waals surface area contributed by atoms with E-state index in [2.05, 4.69) is 29.1 Å². The third-order valence-corrected chi connectivity index (χ3v) is 2.12. The Hall–Kier alpha value is -0.960. The van der Waals surface area contributed by atoms with Crippen LogP contribution in [0.25, 0.3) is 0 Å². The maximum Gasteiger partial charge on any atom is 0.145 e. The van der Waals surface area contributed by atoms with Crippen molar-refractivity contribution in [3.05, 3.63) is 24.3 Å². The lowest BCUT2D eigenvalue weighted by molar-refractivity contribution is 0.472. The van der Waals surface area contributed by atoms with Gasteiger partial charge in [0.05, 0.1) is 6.04 Å². The summed E-state index contributed by atoms with van der Waals surface area (Å²) in [7, 11) is 0. The summed E-state index contributed by atoms with van der Waals surface area (Å²) in [5, 5.41) is 3.46. The second kappa shape index (κ2) is 6.49. The second-order valence-electron chi connectivity index (χ2n) is 3.40. The molecule has 1 aromatic heterocycles. The molecule has 0 fully saturated rings. The second-order valence-corrected chi connectivity index (χ2v) is 3.40. The number of nitrogens with zero attached hydrogens (tertiary/aromatic N) is 2. The molecule has 0 aromatic carbocycles. The van der Waals surface area contributed by atoms with Crippen LogP contribution in [0, 0.1) is 0 Å². The van der Waals surface area contributed by atoms with E-state index >= 15 is 0 Å². The molecular formula is C11H19N3. The Morgan fingerprint density at radius 3 is 2.50 bits per heavy atom. The summed E-state index contributed by atoms with van der Waals surface area (Å²) in [6.07, 6.45) is 7.01. The summed E-state index contributed by atoms with van der Waals surface area (Å²) in [6.45, 7) is 5.38. The summed E-state index contributed by atoms with van der Waals surface area (Å²) in [4.78, 5) is 8.55. The maximum atomic E-state index is 4.28. The fourth-order valence-electron chi connectivity index (χ4n) is 1.42. The van der Waals surface area contributed by atoms with Gasteiger partial charge in [-0.15, -0.1) is 0 Å². The smallest absolute Gasteiger partial charge is 0.145 e. The van der Waals surface area contributed by atoms with Gasteiger partial charge in [-0.2, -0.15) is 0 Å². The Labute approximate surface area is 86.0 Å². The molecule has 14 heavy (non-hydrogen) atoms. The summed E-state index contributed by atoms with van der Waals surface area (Å²) < 4.78 is 0. The number of rotatable bonds is 6. The molecule has 1 atom stereocenters. The lowest BCUT2D eigenvalue weighted by Crippen LogP contribution is -2.23. The average molecular weight is 193 g/mol. The van der Waals surface area contributed by atoms with Crippen molar-refractivity contribution in [2.45, 2.75) is 39.2 Å². The zero-order valence-corrected chi connectivity index (χ0v) is 9.03. The van der Waals surface area contributed by atoms with Crippen molar-refractivity contribution in [3.63, 3.8) is 0 Å². The largest absolute Gasteiger partial charge is 0.307 e. The van der Waals surface area contributed by atoms with Gasteiger partial charge in [0, 0.05) is 12.4 Å². The molecule has 1 rings (SSSR count). The average Bonchev–Trinajstić information content (AvgIpc) is 2.25. The molecule has 0 saturated heterocycles. The highest BCUT2D eigenvalue weighted by atomic mass is 15.0. The van der Waals surface area contributed by atoms with Gasteiger partial charge in [-0.1, -0.05) is 20.3 Å². The van der Waals surface area contributed by atoms with Gasteiger partial charge in [-0.3, -0.25) is 0 Å². The third-order valence-electron chi connectivity index (χ3n) is 2.12. The van der Waals surface area contributed by atoms with Crippen LogP contribution in [-0.4, -0.2) is 16.5 Å². The normalized spacial score (nSPS) is 12.7. The molecule has 1 N–H and O–H groups in total. The summed E-state index contributed by atoms with van der Waals surface area (Å²) in [5.74, 6) is 0.919. The minimum absolute atomic E-state index is 0.321. The first-order valence-corrected chi connectivity index (χ1v) is 5.38. The Balaban J connectivity index is 2.58. The molecule has 1 aromatic rings. The van der Waals surface area contributed by atoms with Crippen LogP contribution in [0.5, 0.6) is 0 Å². The highest BCUT2D eigenvalue weighted by Crippen LogP contribution is 2.13. The number of hydrogen-bond acceptors (Lipinski definition) is 3. The van der Waals surface area contributed by atoms with Crippen molar-refractivity contribution in [1.82, 2.24) is 15.3 Å². The van der Waals surface area contributed by atoms with E-state index in [9.17, 15) is 0 Å². The van der Waals surface area contributed by atoms with Crippen molar-refractivity contribution in [1.29, 1.82) is 0 Å². The molecule has 1 heterocycles. The predicted molar refractivity (Wildman–Crippen MR) is 58.0 cm³/mol.